The van der Waals surface area contributed by atoms with Crippen LogP contribution in [-0.4, -0.2) is 16.6 Å². The molecule has 0 aromatic carbocycles. The molecule has 3 heteroatoms. The van der Waals surface area contributed by atoms with E-state index < -0.39 is 0 Å². The Balaban J connectivity index is 2.78. The molecule has 0 unspecified atom stereocenters. The van der Waals surface area contributed by atoms with E-state index in [4.69, 9.17) is 4.74 Å². The number of ether oxygens (including phenoxy) is 1. The summed E-state index contributed by atoms with van der Waals surface area (Å²) >= 11 is 0. The van der Waals surface area contributed by atoms with Crippen molar-refractivity contribution in [1.29, 1.82) is 0 Å². The second-order valence-corrected chi connectivity index (χ2v) is 3.34. The number of hydrogen-bond donors (Lipinski definition) is 0. The zero-order valence-electron chi connectivity index (χ0n) is 8.45. The highest BCUT2D eigenvalue weighted by atomic mass is 16.5. The molecule has 0 saturated carbocycles. The number of rotatable bonds is 4. The van der Waals surface area contributed by atoms with Gasteiger partial charge in [-0.05, 0) is 19.3 Å². The van der Waals surface area contributed by atoms with Crippen molar-refractivity contribution in [3.63, 3.8) is 0 Å². The molecule has 0 spiro atoms. The van der Waals surface area contributed by atoms with Gasteiger partial charge < -0.3 is 4.74 Å². The summed E-state index contributed by atoms with van der Waals surface area (Å²) in [5.74, 6) is 1.26. The SMILES string of the molecule is CCOc1nccnc1CC(C)C. The van der Waals surface area contributed by atoms with Crippen molar-refractivity contribution >= 4 is 0 Å². The third-order valence-electron chi connectivity index (χ3n) is 1.62. The lowest BCUT2D eigenvalue weighted by atomic mass is 10.1. The van der Waals surface area contributed by atoms with Gasteiger partial charge >= 0.3 is 0 Å². The summed E-state index contributed by atoms with van der Waals surface area (Å²) in [6.07, 6.45) is 4.29. The molecule has 0 atom stereocenters. The molecular weight excluding hydrogens is 164 g/mol. The largest absolute Gasteiger partial charge is 0.477 e. The summed E-state index contributed by atoms with van der Waals surface area (Å²) in [6.45, 7) is 6.91. The van der Waals surface area contributed by atoms with Gasteiger partial charge in [0.15, 0.2) is 0 Å². The minimum atomic E-state index is 0.580. The first-order chi connectivity index (χ1) is 6.24. The summed E-state index contributed by atoms with van der Waals surface area (Å²) in [6, 6.07) is 0. The average Bonchev–Trinajstić information content (AvgIpc) is 2.08. The fraction of sp³-hybridized carbons (Fsp3) is 0.600. The molecular formula is C10H16N2O. The van der Waals surface area contributed by atoms with Gasteiger partial charge in [-0.15, -0.1) is 0 Å². The van der Waals surface area contributed by atoms with E-state index in [1.165, 1.54) is 0 Å². The van der Waals surface area contributed by atoms with E-state index >= 15 is 0 Å². The second kappa shape index (κ2) is 4.80. The Hall–Kier alpha value is -1.12. The summed E-state index contributed by atoms with van der Waals surface area (Å²) < 4.78 is 5.36. The van der Waals surface area contributed by atoms with Crippen LogP contribution in [0.2, 0.25) is 0 Å². The van der Waals surface area contributed by atoms with Crippen molar-refractivity contribution in [2.24, 2.45) is 5.92 Å². The first-order valence-electron chi connectivity index (χ1n) is 4.66. The van der Waals surface area contributed by atoms with Gasteiger partial charge in [0.1, 0.15) is 5.69 Å². The molecule has 13 heavy (non-hydrogen) atoms. The van der Waals surface area contributed by atoms with Crippen LogP contribution < -0.4 is 4.74 Å². The molecule has 1 aromatic rings. The van der Waals surface area contributed by atoms with E-state index in [1.54, 1.807) is 12.4 Å². The summed E-state index contributed by atoms with van der Waals surface area (Å²) in [5.41, 5.74) is 0.958. The van der Waals surface area contributed by atoms with Gasteiger partial charge in [-0.2, -0.15) is 0 Å². The molecule has 0 saturated heterocycles. The molecule has 0 fully saturated rings. The van der Waals surface area contributed by atoms with Gasteiger partial charge in [0.05, 0.1) is 6.61 Å². The standard InChI is InChI=1S/C10H16N2O/c1-4-13-10-9(7-8(2)3)11-5-6-12-10/h5-6,8H,4,7H2,1-3H3. The fourth-order valence-electron chi connectivity index (χ4n) is 1.14. The van der Waals surface area contributed by atoms with E-state index in [2.05, 4.69) is 23.8 Å². The van der Waals surface area contributed by atoms with Crippen LogP contribution in [0.25, 0.3) is 0 Å². The van der Waals surface area contributed by atoms with Gasteiger partial charge in [-0.25, -0.2) is 4.98 Å². The van der Waals surface area contributed by atoms with E-state index in [9.17, 15) is 0 Å². The maximum atomic E-state index is 5.36. The predicted molar refractivity (Wildman–Crippen MR) is 51.7 cm³/mol. The van der Waals surface area contributed by atoms with Gasteiger partial charge in [-0.3, -0.25) is 4.98 Å². The van der Waals surface area contributed by atoms with Crippen LogP contribution in [-0.2, 0) is 6.42 Å². The third-order valence-corrected chi connectivity index (χ3v) is 1.62. The average molecular weight is 180 g/mol. The molecule has 3 nitrogen and oxygen atoms in total. The minimum Gasteiger partial charge on any atom is -0.477 e. The Morgan fingerprint density at radius 1 is 1.31 bits per heavy atom. The van der Waals surface area contributed by atoms with Crippen molar-refractivity contribution in [3.05, 3.63) is 18.1 Å². The number of nitrogens with zero attached hydrogens (tertiary/aromatic N) is 2. The lowest BCUT2D eigenvalue weighted by molar-refractivity contribution is 0.319. The molecule has 72 valence electrons. The third kappa shape index (κ3) is 3.01. The predicted octanol–water partition coefficient (Wildman–Crippen LogP) is 2.07. The van der Waals surface area contributed by atoms with Crippen LogP contribution in [0.5, 0.6) is 5.88 Å². The van der Waals surface area contributed by atoms with Crippen LogP contribution in [0.15, 0.2) is 12.4 Å². The van der Waals surface area contributed by atoms with Crippen LogP contribution in [0, 0.1) is 5.92 Å². The van der Waals surface area contributed by atoms with E-state index in [0.717, 1.165) is 12.1 Å². The first kappa shape index (κ1) is 9.96. The number of aromatic nitrogens is 2. The zero-order valence-corrected chi connectivity index (χ0v) is 8.45. The molecule has 0 bridgehead atoms. The molecule has 0 aliphatic carbocycles. The molecule has 0 aliphatic heterocycles. The Morgan fingerprint density at radius 3 is 2.62 bits per heavy atom. The smallest absolute Gasteiger partial charge is 0.235 e. The Kier molecular flexibility index (Phi) is 3.68. The monoisotopic (exact) mass is 180 g/mol. The van der Waals surface area contributed by atoms with Crippen molar-refractivity contribution < 1.29 is 4.74 Å². The lowest BCUT2D eigenvalue weighted by Gasteiger charge is -2.08. The molecule has 0 radical (unpaired) electrons. The molecule has 1 aromatic heterocycles. The summed E-state index contributed by atoms with van der Waals surface area (Å²) in [4.78, 5) is 8.39. The summed E-state index contributed by atoms with van der Waals surface area (Å²) in [5, 5.41) is 0. The molecule has 1 rings (SSSR count). The van der Waals surface area contributed by atoms with E-state index in [1.807, 2.05) is 6.92 Å². The van der Waals surface area contributed by atoms with Gasteiger partial charge in [-0.1, -0.05) is 13.8 Å². The van der Waals surface area contributed by atoms with Gasteiger partial charge in [0.25, 0.3) is 0 Å². The van der Waals surface area contributed by atoms with Crippen molar-refractivity contribution in [1.82, 2.24) is 9.97 Å². The van der Waals surface area contributed by atoms with Crippen LogP contribution in [0.3, 0.4) is 0 Å². The maximum Gasteiger partial charge on any atom is 0.235 e. The van der Waals surface area contributed by atoms with Gasteiger partial charge in [0, 0.05) is 12.4 Å². The first-order valence-corrected chi connectivity index (χ1v) is 4.66. The normalized spacial score (nSPS) is 10.5. The number of hydrogen-bond acceptors (Lipinski definition) is 3. The topological polar surface area (TPSA) is 35.0 Å². The van der Waals surface area contributed by atoms with Crippen LogP contribution in [0.1, 0.15) is 26.5 Å². The molecule has 0 amide bonds. The maximum absolute atomic E-state index is 5.36. The van der Waals surface area contributed by atoms with Crippen molar-refractivity contribution in [3.8, 4) is 5.88 Å². The Morgan fingerprint density at radius 2 is 2.00 bits per heavy atom. The second-order valence-electron chi connectivity index (χ2n) is 3.34. The Bertz CT molecular complexity index is 261. The van der Waals surface area contributed by atoms with Gasteiger partial charge in [0.2, 0.25) is 5.88 Å². The van der Waals surface area contributed by atoms with E-state index in [-0.39, 0.29) is 0 Å². The van der Waals surface area contributed by atoms with E-state index in [0.29, 0.717) is 18.4 Å². The van der Waals surface area contributed by atoms with Crippen LogP contribution in [0.4, 0.5) is 0 Å². The lowest BCUT2D eigenvalue weighted by Crippen LogP contribution is -2.04. The highest BCUT2D eigenvalue weighted by molar-refractivity contribution is 5.17. The van der Waals surface area contributed by atoms with Crippen molar-refractivity contribution in [2.75, 3.05) is 6.61 Å². The quantitative estimate of drug-likeness (QED) is 0.711. The van der Waals surface area contributed by atoms with Crippen molar-refractivity contribution in [2.45, 2.75) is 27.2 Å². The highest BCUT2D eigenvalue weighted by Crippen LogP contribution is 2.15. The molecule has 1 heterocycles. The molecule has 0 N–H and O–H groups in total. The summed E-state index contributed by atoms with van der Waals surface area (Å²) in [7, 11) is 0. The molecule has 0 aliphatic rings. The highest BCUT2D eigenvalue weighted by Gasteiger charge is 2.07. The van der Waals surface area contributed by atoms with Crippen LogP contribution >= 0.6 is 0 Å². The zero-order chi connectivity index (χ0) is 9.68. The minimum absolute atomic E-state index is 0.580. The Labute approximate surface area is 79.2 Å². The fourth-order valence-corrected chi connectivity index (χ4v) is 1.14.